The molecule has 1 aliphatic rings. The molecule has 0 spiro atoms. The average molecular weight is 276 g/mol. The first-order chi connectivity index (χ1) is 8.29. The number of nitrogens with two attached hydrogens (primary N) is 1. The van der Waals surface area contributed by atoms with E-state index in [9.17, 15) is 17.2 Å². The molecule has 100 valence electrons. The third-order valence-corrected chi connectivity index (χ3v) is 4.68. The minimum atomic E-state index is -3.98. The monoisotopic (exact) mass is 276 g/mol. The molecule has 3 N–H and O–H groups in total. The summed E-state index contributed by atoms with van der Waals surface area (Å²) in [7, 11) is -3.98. The molecule has 0 saturated heterocycles. The van der Waals surface area contributed by atoms with Crippen molar-refractivity contribution in [2.75, 3.05) is 0 Å². The van der Waals surface area contributed by atoms with Crippen LogP contribution < -0.4 is 10.5 Å². The van der Waals surface area contributed by atoms with Gasteiger partial charge in [0.2, 0.25) is 10.0 Å². The van der Waals surface area contributed by atoms with Gasteiger partial charge in [-0.15, -0.1) is 0 Å². The number of halogens is 2. The Morgan fingerprint density at radius 3 is 2.50 bits per heavy atom. The lowest BCUT2D eigenvalue weighted by Gasteiger charge is -2.14. The van der Waals surface area contributed by atoms with Gasteiger partial charge in [0.15, 0.2) is 5.82 Å². The van der Waals surface area contributed by atoms with Crippen molar-refractivity contribution in [3.63, 3.8) is 0 Å². The van der Waals surface area contributed by atoms with Gasteiger partial charge in [0.1, 0.15) is 10.7 Å². The Balaban J connectivity index is 2.45. The molecule has 0 aliphatic heterocycles. The highest BCUT2D eigenvalue weighted by atomic mass is 32.2. The van der Waals surface area contributed by atoms with E-state index >= 15 is 0 Å². The van der Waals surface area contributed by atoms with E-state index in [4.69, 9.17) is 5.73 Å². The van der Waals surface area contributed by atoms with Gasteiger partial charge in [-0.05, 0) is 31.9 Å². The molecular weight excluding hydrogens is 262 g/mol. The SMILES string of the molecule is CC1(NS(=O)(=O)c2ccc(F)c(CN)c2F)CC1. The second kappa shape index (κ2) is 4.25. The lowest BCUT2D eigenvalue weighted by molar-refractivity contribution is 0.519. The Kier molecular flexibility index (Phi) is 3.16. The van der Waals surface area contributed by atoms with Crippen molar-refractivity contribution < 1.29 is 17.2 Å². The Labute approximate surface area is 104 Å². The van der Waals surface area contributed by atoms with E-state index in [0.717, 1.165) is 12.1 Å². The van der Waals surface area contributed by atoms with Gasteiger partial charge in [-0.3, -0.25) is 0 Å². The molecule has 4 nitrogen and oxygen atoms in total. The number of hydrogen-bond donors (Lipinski definition) is 2. The minimum Gasteiger partial charge on any atom is -0.326 e. The first-order valence-electron chi connectivity index (χ1n) is 5.50. The van der Waals surface area contributed by atoms with Crippen molar-refractivity contribution in [1.82, 2.24) is 4.72 Å². The quantitative estimate of drug-likeness (QED) is 0.869. The standard InChI is InChI=1S/C11H14F2N2O2S/c1-11(4-5-11)15-18(16,17)9-3-2-8(12)7(6-14)10(9)13/h2-3,15H,4-6,14H2,1H3. The average Bonchev–Trinajstić information content (AvgIpc) is 2.94. The van der Waals surface area contributed by atoms with Crippen LogP contribution in [0.2, 0.25) is 0 Å². The van der Waals surface area contributed by atoms with Crippen LogP contribution in [0.1, 0.15) is 25.3 Å². The van der Waals surface area contributed by atoms with Crippen molar-refractivity contribution in [2.24, 2.45) is 5.73 Å². The molecule has 0 radical (unpaired) electrons. The summed E-state index contributed by atoms with van der Waals surface area (Å²) in [6, 6.07) is 1.83. The van der Waals surface area contributed by atoms with Crippen molar-refractivity contribution in [3.8, 4) is 0 Å². The van der Waals surface area contributed by atoms with E-state index < -0.39 is 44.2 Å². The van der Waals surface area contributed by atoms with Gasteiger partial charge in [0, 0.05) is 17.6 Å². The van der Waals surface area contributed by atoms with Crippen LogP contribution in [-0.4, -0.2) is 14.0 Å². The summed E-state index contributed by atoms with van der Waals surface area (Å²) in [5.74, 6) is -1.96. The molecule has 0 bridgehead atoms. The van der Waals surface area contributed by atoms with Crippen LogP contribution in [0.3, 0.4) is 0 Å². The molecule has 0 unspecified atom stereocenters. The molecule has 1 aromatic carbocycles. The maximum absolute atomic E-state index is 13.9. The van der Waals surface area contributed by atoms with Gasteiger partial charge in [0.25, 0.3) is 0 Å². The lowest BCUT2D eigenvalue weighted by atomic mass is 10.2. The van der Waals surface area contributed by atoms with Gasteiger partial charge in [-0.1, -0.05) is 0 Å². The van der Waals surface area contributed by atoms with E-state index in [1.165, 1.54) is 0 Å². The summed E-state index contributed by atoms with van der Waals surface area (Å²) < 4.78 is 53.5. The van der Waals surface area contributed by atoms with Gasteiger partial charge in [0.05, 0.1) is 0 Å². The fourth-order valence-corrected chi connectivity index (χ4v) is 3.21. The molecule has 1 fully saturated rings. The number of nitrogens with one attached hydrogen (secondary N) is 1. The lowest BCUT2D eigenvalue weighted by Crippen LogP contribution is -2.35. The van der Waals surface area contributed by atoms with E-state index in [-0.39, 0.29) is 0 Å². The number of sulfonamides is 1. The second-order valence-electron chi connectivity index (χ2n) is 4.71. The van der Waals surface area contributed by atoms with E-state index in [0.29, 0.717) is 12.8 Å². The largest absolute Gasteiger partial charge is 0.326 e. The molecule has 0 amide bonds. The van der Waals surface area contributed by atoms with Crippen LogP contribution in [0.4, 0.5) is 8.78 Å². The van der Waals surface area contributed by atoms with Crippen LogP contribution in [0, 0.1) is 11.6 Å². The summed E-state index contributed by atoms with van der Waals surface area (Å²) in [5, 5.41) is 0. The van der Waals surface area contributed by atoms with E-state index in [1.54, 1.807) is 6.92 Å². The summed E-state index contributed by atoms with van der Waals surface area (Å²) in [5.41, 5.74) is 4.28. The maximum atomic E-state index is 13.9. The highest BCUT2D eigenvalue weighted by molar-refractivity contribution is 7.89. The molecular formula is C11H14F2N2O2S. The molecule has 1 aliphatic carbocycles. The molecule has 1 aromatic rings. The summed E-state index contributed by atoms with van der Waals surface area (Å²) >= 11 is 0. The summed E-state index contributed by atoms with van der Waals surface area (Å²) in [4.78, 5) is -0.558. The Morgan fingerprint density at radius 1 is 1.39 bits per heavy atom. The topological polar surface area (TPSA) is 72.2 Å². The fraction of sp³-hybridized carbons (Fsp3) is 0.455. The normalized spacial score (nSPS) is 17.8. The molecule has 7 heteroatoms. The van der Waals surface area contributed by atoms with E-state index in [1.807, 2.05) is 0 Å². The molecule has 0 aromatic heterocycles. The van der Waals surface area contributed by atoms with Crippen LogP contribution in [0.25, 0.3) is 0 Å². The predicted molar refractivity (Wildman–Crippen MR) is 62.2 cm³/mol. The third kappa shape index (κ3) is 2.38. The van der Waals surface area contributed by atoms with Gasteiger partial charge < -0.3 is 5.73 Å². The van der Waals surface area contributed by atoms with Crippen molar-refractivity contribution >= 4 is 10.0 Å². The molecule has 18 heavy (non-hydrogen) atoms. The molecule has 2 rings (SSSR count). The minimum absolute atomic E-state index is 0.391. The Morgan fingerprint density at radius 2 is 2.00 bits per heavy atom. The van der Waals surface area contributed by atoms with Crippen LogP contribution in [0.5, 0.6) is 0 Å². The van der Waals surface area contributed by atoms with Crippen LogP contribution in [0.15, 0.2) is 17.0 Å². The first-order valence-corrected chi connectivity index (χ1v) is 6.98. The Hall–Kier alpha value is -1.05. The molecule has 0 atom stereocenters. The summed E-state index contributed by atoms with van der Waals surface area (Å²) in [6.45, 7) is 1.34. The second-order valence-corrected chi connectivity index (χ2v) is 6.36. The van der Waals surface area contributed by atoms with Gasteiger partial charge in [-0.25, -0.2) is 21.9 Å². The number of hydrogen-bond acceptors (Lipinski definition) is 3. The highest BCUT2D eigenvalue weighted by Gasteiger charge is 2.42. The van der Waals surface area contributed by atoms with Gasteiger partial charge in [-0.2, -0.15) is 0 Å². The van der Waals surface area contributed by atoms with Crippen molar-refractivity contribution in [1.29, 1.82) is 0 Å². The molecule has 0 heterocycles. The van der Waals surface area contributed by atoms with Crippen LogP contribution in [-0.2, 0) is 16.6 Å². The fourth-order valence-electron chi connectivity index (χ4n) is 1.64. The van der Waals surface area contributed by atoms with Crippen LogP contribution >= 0.6 is 0 Å². The zero-order chi connectivity index (χ0) is 13.6. The first kappa shape index (κ1) is 13.4. The third-order valence-electron chi connectivity index (χ3n) is 3.03. The van der Waals surface area contributed by atoms with Gasteiger partial charge >= 0.3 is 0 Å². The predicted octanol–water partition coefficient (Wildman–Crippen LogP) is 1.25. The summed E-state index contributed by atoms with van der Waals surface area (Å²) in [6.07, 6.45) is 1.41. The zero-order valence-electron chi connectivity index (χ0n) is 9.83. The van der Waals surface area contributed by atoms with E-state index in [2.05, 4.69) is 4.72 Å². The number of benzene rings is 1. The Bertz CT molecular complexity index is 583. The highest BCUT2D eigenvalue weighted by Crippen LogP contribution is 2.36. The molecule has 1 saturated carbocycles. The zero-order valence-corrected chi connectivity index (χ0v) is 10.7. The van der Waals surface area contributed by atoms with Crippen molar-refractivity contribution in [3.05, 3.63) is 29.3 Å². The number of rotatable bonds is 4. The van der Waals surface area contributed by atoms with Crippen molar-refractivity contribution in [2.45, 2.75) is 36.7 Å². The maximum Gasteiger partial charge on any atom is 0.243 e. The smallest absolute Gasteiger partial charge is 0.243 e.